The number of aliphatic imine (C=N–C) groups is 1. The molecule has 1 aromatic heterocycles. The van der Waals surface area contributed by atoms with E-state index >= 15 is 0 Å². The number of nitrogens with one attached hydrogen (secondary N) is 3. The largest absolute Gasteiger partial charge is 0.497 e. The minimum absolute atomic E-state index is 0.0284. The Labute approximate surface area is 191 Å². The van der Waals surface area contributed by atoms with Gasteiger partial charge in [0.15, 0.2) is 11.8 Å². The highest BCUT2D eigenvalue weighted by molar-refractivity contribution is 6.06. The van der Waals surface area contributed by atoms with Gasteiger partial charge in [0, 0.05) is 25.7 Å². The van der Waals surface area contributed by atoms with Crippen LogP contribution >= 0.6 is 0 Å². The molecule has 0 spiro atoms. The van der Waals surface area contributed by atoms with Gasteiger partial charge in [0.25, 0.3) is 0 Å². The molecule has 1 saturated carbocycles. The van der Waals surface area contributed by atoms with Crippen molar-refractivity contribution in [2.24, 2.45) is 28.7 Å². The number of H-pyrrole nitrogens is 1. The maximum absolute atomic E-state index is 12.8. The fraction of sp³-hybridized carbons (Fsp3) is 0.435. The molecule has 2 aliphatic carbocycles. The van der Waals surface area contributed by atoms with Gasteiger partial charge in [0.05, 0.1) is 25.5 Å². The average Bonchev–Trinajstić information content (AvgIpc) is 3.62. The van der Waals surface area contributed by atoms with Gasteiger partial charge in [-0.05, 0) is 42.5 Å². The van der Waals surface area contributed by atoms with Gasteiger partial charge in [0.2, 0.25) is 11.8 Å². The number of amides is 2. The molecule has 0 radical (unpaired) electrons. The van der Waals surface area contributed by atoms with E-state index in [9.17, 15) is 9.59 Å². The fourth-order valence-electron chi connectivity index (χ4n) is 5.10. The zero-order valence-corrected chi connectivity index (χ0v) is 18.6. The first-order valence-corrected chi connectivity index (χ1v) is 11.1. The van der Waals surface area contributed by atoms with Crippen LogP contribution in [0.3, 0.4) is 0 Å². The highest BCUT2D eigenvalue weighted by Crippen LogP contribution is 2.52. The summed E-state index contributed by atoms with van der Waals surface area (Å²) in [6.45, 7) is 1.14. The molecule has 2 aromatic rings. The summed E-state index contributed by atoms with van der Waals surface area (Å²) in [7, 11) is 3.29. The Morgan fingerprint density at radius 2 is 1.85 bits per heavy atom. The van der Waals surface area contributed by atoms with Crippen LogP contribution in [0.5, 0.6) is 5.75 Å². The third-order valence-electron chi connectivity index (χ3n) is 6.72. The van der Waals surface area contributed by atoms with E-state index in [1.54, 1.807) is 14.2 Å². The van der Waals surface area contributed by atoms with Gasteiger partial charge in [-0.3, -0.25) is 24.6 Å². The predicted molar refractivity (Wildman–Crippen MR) is 121 cm³/mol. The summed E-state index contributed by atoms with van der Waals surface area (Å²) in [4.78, 5) is 35.7. The van der Waals surface area contributed by atoms with E-state index in [-0.39, 0.29) is 35.5 Å². The van der Waals surface area contributed by atoms with Gasteiger partial charge in [-0.25, -0.2) is 4.98 Å². The average molecular weight is 450 g/mol. The highest BCUT2D eigenvalue weighted by atomic mass is 16.5. The summed E-state index contributed by atoms with van der Waals surface area (Å²) in [5.74, 6) is 2.67. The van der Waals surface area contributed by atoms with Crippen molar-refractivity contribution in [3.05, 3.63) is 42.2 Å². The molecular weight excluding hydrogens is 422 g/mol. The van der Waals surface area contributed by atoms with E-state index in [4.69, 9.17) is 4.74 Å². The van der Waals surface area contributed by atoms with E-state index in [1.165, 1.54) is 4.90 Å². The van der Waals surface area contributed by atoms with Gasteiger partial charge in [-0.2, -0.15) is 5.10 Å². The van der Waals surface area contributed by atoms with Crippen molar-refractivity contribution in [2.45, 2.75) is 13.0 Å². The van der Waals surface area contributed by atoms with Crippen LogP contribution in [-0.4, -0.2) is 65.1 Å². The number of aromatic amines is 1. The van der Waals surface area contributed by atoms with E-state index in [0.29, 0.717) is 37.2 Å². The van der Waals surface area contributed by atoms with Crippen LogP contribution in [0.15, 0.2) is 41.4 Å². The van der Waals surface area contributed by atoms with Crippen molar-refractivity contribution in [3.63, 3.8) is 0 Å². The lowest BCUT2D eigenvalue weighted by molar-refractivity contribution is -0.140. The van der Waals surface area contributed by atoms with Crippen LogP contribution in [-0.2, 0) is 16.1 Å². The number of carbonyl (C=O) groups is 2. The van der Waals surface area contributed by atoms with Gasteiger partial charge in [0.1, 0.15) is 11.6 Å². The molecule has 33 heavy (non-hydrogen) atoms. The molecule has 3 aliphatic rings. The molecule has 2 heterocycles. The van der Waals surface area contributed by atoms with Crippen LogP contribution in [0.1, 0.15) is 12.2 Å². The minimum Gasteiger partial charge on any atom is -0.497 e. The Balaban J connectivity index is 1.11. The van der Waals surface area contributed by atoms with E-state index in [2.05, 4.69) is 43.0 Å². The molecule has 1 saturated heterocycles. The fourth-order valence-corrected chi connectivity index (χ4v) is 5.10. The highest BCUT2D eigenvalue weighted by Gasteiger charge is 2.58. The summed E-state index contributed by atoms with van der Waals surface area (Å²) in [5.41, 5.74) is 0.883. The first-order chi connectivity index (χ1) is 16.1. The number of allylic oxidation sites excluding steroid dienone is 2. The van der Waals surface area contributed by atoms with Crippen LogP contribution in [0.2, 0.25) is 0 Å². The molecule has 10 nitrogen and oxygen atoms in total. The zero-order chi connectivity index (χ0) is 22.9. The topological polar surface area (TPSA) is 125 Å². The second-order valence-corrected chi connectivity index (χ2v) is 8.51. The van der Waals surface area contributed by atoms with Crippen molar-refractivity contribution >= 4 is 17.8 Å². The number of carbonyl (C=O) groups excluding carboxylic acids is 2. The Bertz CT molecular complexity index is 1080. The molecule has 2 fully saturated rings. The van der Waals surface area contributed by atoms with Crippen molar-refractivity contribution in [1.82, 2.24) is 30.7 Å². The number of imide groups is 1. The third-order valence-corrected chi connectivity index (χ3v) is 6.72. The molecule has 4 unspecified atom stereocenters. The van der Waals surface area contributed by atoms with E-state index in [0.717, 1.165) is 17.7 Å². The molecule has 5 rings (SSSR count). The first-order valence-electron chi connectivity index (χ1n) is 11.1. The lowest BCUT2D eigenvalue weighted by Gasteiger charge is -2.18. The maximum atomic E-state index is 12.8. The normalized spacial score (nSPS) is 25.6. The Kier molecular flexibility index (Phi) is 5.57. The molecule has 10 heteroatoms. The zero-order valence-electron chi connectivity index (χ0n) is 18.6. The van der Waals surface area contributed by atoms with Crippen molar-refractivity contribution in [3.8, 4) is 17.1 Å². The summed E-state index contributed by atoms with van der Waals surface area (Å²) >= 11 is 0. The van der Waals surface area contributed by atoms with Crippen LogP contribution in [0, 0.1) is 23.7 Å². The Morgan fingerprint density at radius 3 is 2.48 bits per heavy atom. The van der Waals surface area contributed by atoms with Gasteiger partial charge in [-0.15, -0.1) is 0 Å². The summed E-state index contributed by atoms with van der Waals surface area (Å²) in [6.07, 6.45) is 5.15. The molecule has 172 valence electrons. The number of aromatic nitrogens is 3. The molecule has 1 aliphatic heterocycles. The molecule has 4 atom stereocenters. The smallest absolute Gasteiger partial charge is 0.233 e. The number of fused-ring (bicyclic) bond motifs is 5. The van der Waals surface area contributed by atoms with Crippen molar-refractivity contribution < 1.29 is 14.3 Å². The Hall–Kier alpha value is -3.69. The Morgan fingerprint density at radius 1 is 1.15 bits per heavy atom. The van der Waals surface area contributed by atoms with E-state index in [1.807, 2.05) is 24.3 Å². The van der Waals surface area contributed by atoms with Gasteiger partial charge in [-0.1, -0.05) is 12.2 Å². The molecule has 2 amide bonds. The number of methoxy groups -OCH3 is 1. The molecule has 1 aromatic carbocycles. The first kappa shape index (κ1) is 21.2. The number of nitrogens with zero attached hydrogens (tertiary/aromatic N) is 4. The van der Waals surface area contributed by atoms with Crippen molar-refractivity contribution in [2.75, 3.05) is 27.2 Å². The second kappa shape index (κ2) is 8.68. The molecule has 3 N–H and O–H groups in total. The van der Waals surface area contributed by atoms with Crippen LogP contribution < -0.4 is 15.4 Å². The number of ether oxygens (including phenoxy) is 1. The SMILES string of the molecule is CN=C(NCCN1C(=O)C2C3C=CC(C3)C2C1=O)NCc1nc(-c2ccc(OC)cc2)n[nH]1. The maximum Gasteiger partial charge on any atom is 0.233 e. The van der Waals surface area contributed by atoms with Gasteiger partial charge < -0.3 is 15.4 Å². The monoisotopic (exact) mass is 449 g/mol. The number of likely N-dealkylation sites (tertiary alicyclic amines) is 1. The number of hydrogen-bond donors (Lipinski definition) is 3. The number of rotatable bonds is 7. The lowest BCUT2D eigenvalue weighted by atomic mass is 9.85. The third kappa shape index (κ3) is 3.85. The summed E-state index contributed by atoms with van der Waals surface area (Å²) in [5, 5.41) is 13.5. The number of guanidine groups is 1. The molecular formula is C23H27N7O3. The van der Waals surface area contributed by atoms with Gasteiger partial charge >= 0.3 is 0 Å². The number of benzene rings is 1. The second-order valence-electron chi connectivity index (χ2n) is 8.51. The predicted octanol–water partition coefficient (Wildman–Crippen LogP) is 0.952. The summed E-state index contributed by atoms with van der Waals surface area (Å²) < 4.78 is 5.17. The standard InChI is InChI=1S/C23H27N7O3/c1-24-23(26-12-17-27-20(29-28-17)13-5-7-16(33-2)8-6-13)25-9-10-30-21(31)18-14-3-4-15(11-14)19(18)22(30)32/h3-8,14-15,18-19H,9-12H2,1-2H3,(H2,24,25,26)(H,27,28,29). The minimum atomic E-state index is -0.156. The number of hydrogen-bond acceptors (Lipinski definition) is 6. The van der Waals surface area contributed by atoms with Crippen LogP contribution in [0.25, 0.3) is 11.4 Å². The quantitative estimate of drug-likeness (QED) is 0.249. The molecule has 2 bridgehead atoms. The van der Waals surface area contributed by atoms with Crippen molar-refractivity contribution in [1.29, 1.82) is 0 Å². The van der Waals surface area contributed by atoms with E-state index < -0.39 is 0 Å². The summed E-state index contributed by atoms with van der Waals surface area (Å²) in [6, 6.07) is 7.52. The lowest BCUT2D eigenvalue weighted by Crippen LogP contribution is -2.43. The van der Waals surface area contributed by atoms with Crippen LogP contribution in [0.4, 0.5) is 0 Å².